The Kier molecular flexibility index (Phi) is 34.0. The fraction of sp³-hybridized carbons (Fsp3) is 1.00. The Morgan fingerprint density at radius 3 is 0.846 bits per heavy atom. The predicted octanol–water partition coefficient (Wildman–Crippen LogP) is 11.5. The van der Waals surface area contributed by atoms with Gasteiger partial charge in [-0.25, -0.2) is 0 Å². The molecule has 3 heteroatoms. The van der Waals surface area contributed by atoms with Crippen molar-refractivity contribution in [1.29, 1.82) is 0 Å². The molecule has 39 heavy (non-hydrogen) atoms. The van der Waals surface area contributed by atoms with Gasteiger partial charge < -0.3 is 14.9 Å². The number of rotatable bonds is 34. The summed E-state index contributed by atoms with van der Waals surface area (Å²) >= 11 is 0. The first-order chi connectivity index (χ1) is 19.2. The van der Waals surface area contributed by atoms with Crippen LogP contribution >= 0.6 is 0 Å². The molecule has 0 aromatic heterocycles. The third-order valence-electron chi connectivity index (χ3n) is 8.48. The summed E-state index contributed by atoms with van der Waals surface area (Å²) in [6.45, 7) is 6.39. The van der Waals surface area contributed by atoms with E-state index >= 15 is 0 Å². The van der Waals surface area contributed by atoms with E-state index in [1.54, 1.807) is 0 Å². The van der Waals surface area contributed by atoms with Crippen LogP contribution in [0, 0.1) is 0 Å². The van der Waals surface area contributed by atoms with Crippen molar-refractivity contribution < 1.29 is 14.9 Å². The second-order valence-electron chi connectivity index (χ2n) is 12.5. The molecule has 2 N–H and O–H groups in total. The van der Waals surface area contributed by atoms with Gasteiger partial charge in [0.1, 0.15) is 0 Å². The van der Waals surface area contributed by atoms with Crippen LogP contribution in [0.4, 0.5) is 0 Å². The van der Waals surface area contributed by atoms with Crippen LogP contribution in [0.5, 0.6) is 0 Å². The van der Waals surface area contributed by atoms with Crippen molar-refractivity contribution in [3.63, 3.8) is 0 Å². The van der Waals surface area contributed by atoms with E-state index in [0.29, 0.717) is 0 Å². The molecule has 3 nitrogen and oxygen atoms in total. The zero-order chi connectivity index (χ0) is 28.5. The monoisotopic (exact) mass is 555 g/mol. The fourth-order valence-electron chi connectivity index (χ4n) is 5.64. The maximum atomic E-state index is 10.2. The summed E-state index contributed by atoms with van der Waals surface area (Å²) in [5, 5.41) is 20.3. The average Bonchev–Trinajstić information content (AvgIpc) is 2.94. The quantitative estimate of drug-likeness (QED) is 0.0777. The number of aliphatic hydroxyl groups excluding tert-OH is 2. The molecular weight excluding hydrogens is 480 g/mol. The molecule has 0 bridgehead atoms. The van der Waals surface area contributed by atoms with Gasteiger partial charge in [-0.05, 0) is 25.7 Å². The second-order valence-corrected chi connectivity index (χ2v) is 12.5. The Morgan fingerprint density at radius 1 is 0.333 bits per heavy atom. The van der Waals surface area contributed by atoms with E-state index in [0.717, 1.165) is 38.9 Å². The van der Waals surface area contributed by atoms with Crippen LogP contribution < -0.4 is 0 Å². The minimum atomic E-state index is -0.529. The van der Waals surface area contributed by atoms with E-state index < -0.39 is 12.2 Å². The zero-order valence-corrected chi connectivity index (χ0v) is 27.1. The van der Waals surface area contributed by atoms with Gasteiger partial charge in [-0.1, -0.05) is 181 Å². The molecule has 2 unspecified atom stereocenters. The van der Waals surface area contributed by atoms with Crippen molar-refractivity contribution in [3.8, 4) is 0 Å². The lowest BCUT2D eigenvalue weighted by molar-refractivity contribution is 0.00711. The van der Waals surface area contributed by atoms with E-state index in [-0.39, 0.29) is 0 Å². The smallest absolute Gasteiger partial charge is 0.0799 e. The first-order valence-electron chi connectivity index (χ1n) is 18.2. The van der Waals surface area contributed by atoms with Crippen molar-refractivity contribution in [2.75, 3.05) is 13.2 Å². The molecule has 0 fully saturated rings. The van der Waals surface area contributed by atoms with Crippen LogP contribution in [0.25, 0.3) is 0 Å². The highest BCUT2D eigenvalue weighted by molar-refractivity contribution is 4.67. The summed E-state index contributed by atoms with van der Waals surface area (Å²) in [5.41, 5.74) is 0. The van der Waals surface area contributed by atoms with Crippen LogP contribution in [0.15, 0.2) is 0 Å². The highest BCUT2D eigenvalue weighted by Crippen LogP contribution is 2.16. The standard InChI is InChI=1S/C36H74O3/c1-3-5-7-9-11-12-13-14-15-16-17-18-19-21-25-29-33-39-34-30-26-22-20-24-28-32-36(38)35(37)31-27-23-10-8-6-4-2/h35-38H,3-34H2,1-2H3. The highest BCUT2D eigenvalue weighted by Gasteiger charge is 2.15. The van der Waals surface area contributed by atoms with Crippen LogP contribution in [0.3, 0.4) is 0 Å². The molecule has 0 saturated heterocycles. The van der Waals surface area contributed by atoms with Crippen LogP contribution in [0.2, 0.25) is 0 Å². The molecule has 0 spiro atoms. The summed E-state index contributed by atoms with van der Waals surface area (Å²) in [4.78, 5) is 0. The molecule has 236 valence electrons. The average molecular weight is 555 g/mol. The van der Waals surface area contributed by atoms with Gasteiger partial charge >= 0.3 is 0 Å². The lowest BCUT2D eigenvalue weighted by Gasteiger charge is -2.17. The van der Waals surface area contributed by atoms with E-state index in [1.807, 2.05) is 0 Å². The molecule has 0 rings (SSSR count). The summed E-state index contributed by atoms with van der Waals surface area (Å²) in [6.07, 6.45) is 37.6. The molecule has 0 radical (unpaired) electrons. The second kappa shape index (κ2) is 34.1. The third kappa shape index (κ3) is 32.3. The van der Waals surface area contributed by atoms with Crippen molar-refractivity contribution in [3.05, 3.63) is 0 Å². The van der Waals surface area contributed by atoms with E-state index in [1.165, 1.54) is 167 Å². The van der Waals surface area contributed by atoms with Crippen molar-refractivity contribution in [2.24, 2.45) is 0 Å². The molecule has 0 aliphatic carbocycles. The van der Waals surface area contributed by atoms with Crippen molar-refractivity contribution in [1.82, 2.24) is 0 Å². The van der Waals surface area contributed by atoms with Crippen molar-refractivity contribution in [2.45, 2.75) is 219 Å². The largest absolute Gasteiger partial charge is 0.390 e. The Morgan fingerprint density at radius 2 is 0.564 bits per heavy atom. The van der Waals surface area contributed by atoms with Gasteiger partial charge in [0, 0.05) is 13.2 Å². The van der Waals surface area contributed by atoms with E-state index in [9.17, 15) is 10.2 Å². The molecule has 0 aromatic rings. The molecule has 2 atom stereocenters. The predicted molar refractivity (Wildman–Crippen MR) is 173 cm³/mol. The topological polar surface area (TPSA) is 49.7 Å². The van der Waals surface area contributed by atoms with Gasteiger partial charge in [0.2, 0.25) is 0 Å². The molecular formula is C36H74O3. The lowest BCUT2D eigenvalue weighted by Crippen LogP contribution is -2.25. The minimum absolute atomic E-state index is 0.525. The molecule has 0 aromatic carbocycles. The molecule has 0 aliphatic rings. The van der Waals surface area contributed by atoms with Gasteiger partial charge in [-0.2, -0.15) is 0 Å². The summed E-state index contributed by atoms with van der Waals surface area (Å²) in [6, 6.07) is 0. The van der Waals surface area contributed by atoms with Gasteiger partial charge in [0.05, 0.1) is 12.2 Å². The van der Waals surface area contributed by atoms with Crippen LogP contribution in [-0.4, -0.2) is 35.6 Å². The van der Waals surface area contributed by atoms with Gasteiger partial charge in [-0.15, -0.1) is 0 Å². The fourth-order valence-corrected chi connectivity index (χ4v) is 5.64. The lowest BCUT2D eigenvalue weighted by atomic mass is 9.99. The molecule has 0 heterocycles. The maximum absolute atomic E-state index is 10.2. The van der Waals surface area contributed by atoms with E-state index in [2.05, 4.69) is 13.8 Å². The zero-order valence-electron chi connectivity index (χ0n) is 27.1. The van der Waals surface area contributed by atoms with E-state index in [4.69, 9.17) is 4.74 Å². The normalized spacial score (nSPS) is 13.2. The number of hydrogen-bond donors (Lipinski definition) is 2. The Bertz CT molecular complexity index is 428. The highest BCUT2D eigenvalue weighted by atomic mass is 16.5. The SMILES string of the molecule is CCCCCCCCCCCCCCCCCCOCCCCCCCCC(O)C(O)CCCCCCCC. The van der Waals surface area contributed by atoms with Crippen LogP contribution in [0.1, 0.15) is 206 Å². The van der Waals surface area contributed by atoms with Gasteiger partial charge in [0.25, 0.3) is 0 Å². The summed E-state index contributed by atoms with van der Waals surface area (Å²) < 4.78 is 5.84. The Labute approximate surface area is 246 Å². The first-order valence-corrected chi connectivity index (χ1v) is 18.2. The van der Waals surface area contributed by atoms with Crippen LogP contribution in [-0.2, 0) is 4.74 Å². The van der Waals surface area contributed by atoms with Crippen molar-refractivity contribution >= 4 is 0 Å². The number of hydrogen-bond acceptors (Lipinski definition) is 3. The first kappa shape index (κ1) is 38.9. The number of ether oxygens (including phenoxy) is 1. The Hall–Kier alpha value is -0.120. The molecule has 0 saturated carbocycles. The maximum Gasteiger partial charge on any atom is 0.0799 e. The minimum Gasteiger partial charge on any atom is -0.390 e. The number of unbranched alkanes of at least 4 members (excludes halogenated alkanes) is 25. The third-order valence-corrected chi connectivity index (χ3v) is 8.48. The Balaban J connectivity index is 3.17. The van der Waals surface area contributed by atoms with Gasteiger partial charge in [-0.3, -0.25) is 0 Å². The molecule has 0 amide bonds. The summed E-state index contributed by atoms with van der Waals surface area (Å²) in [7, 11) is 0. The molecule has 0 aliphatic heterocycles. The van der Waals surface area contributed by atoms with Gasteiger partial charge in [0.15, 0.2) is 0 Å². The summed E-state index contributed by atoms with van der Waals surface area (Å²) in [5.74, 6) is 0. The number of aliphatic hydroxyl groups is 2.